The zero-order chi connectivity index (χ0) is 18.4. The van der Waals surface area contributed by atoms with Crippen LogP contribution in [0.1, 0.15) is 45.6 Å². The quantitative estimate of drug-likeness (QED) is 0.786. The second kappa shape index (κ2) is 6.32. The summed E-state index contributed by atoms with van der Waals surface area (Å²) in [5, 5.41) is 0. The number of nitrogens with zero attached hydrogens (tertiary/aromatic N) is 1. The molecule has 1 fully saturated rings. The first-order valence-corrected chi connectivity index (χ1v) is 8.45. The number of benzene rings is 1. The molecule has 0 aromatic heterocycles. The standard InChI is InChI=1S/C19H23F2NO3/c1-19(2,3)25-18(23)22-12-5-6-13(22)10-11(9-12)14-7-8-15(24-4)17(21)16(14)20/h7-9,12-13H,5-6,10H2,1-4H3. The summed E-state index contributed by atoms with van der Waals surface area (Å²) >= 11 is 0. The van der Waals surface area contributed by atoms with Crippen molar-refractivity contribution in [2.45, 2.75) is 57.7 Å². The molecular weight excluding hydrogens is 328 g/mol. The van der Waals surface area contributed by atoms with Crippen LogP contribution < -0.4 is 4.74 Å². The number of halogens is 2. The molecule has 1 aromatic carbocycles. The van der Waals surface area contributed by atoms with Crippen molar-refractivity contribution in [3.05, 3.63) is 35.4 Å². The number of carbonyl (C=O) groups excluding carboxylic acids is 1. The van der Waals surface area contributed by atoms with Crippen LogP contribution in [0.25, 0.3) is 5.57 Å². The van der Waals surface area contributed by atoms with Crippen LogP contribution in [0.5, 0.6) is 5.75 Å². The average Bonchev–Trinajstić information content (AvgIpc) is 2.79. The summed E-state index contributed by atoms with van der Waals surface area (Å²) in [5.41, 5.74) is 0.400. The van der Waals surface area contributed by atoms with E-state index < -0.39 is 17.2 Å². The van der Waals surface area contributed by atoms with E-state index in [-0.39, 0.29) is 29.5 Å². The van der Waals surface area contributed by atoms with E-state index in [9.17, 15) is 13.6 Å². The van der Waals surface area contributed by atoms with Gasteiger partial charge in [0.1, 0.15) is 5.60 Å². The van der Waals surface area contributed by atoms with Gasteiger partial charge in [0.25, 0.3) is 0 Å². The summed E-state index contributed by atoms with van der Waals surface area (Å²) in [7, 11) is 1.30. The van der Waals surface area contributed by atoms with E-state index in [4.69, 9.17) is 9.47 Å². The first kappa shape index (κ1) is 17.7. The molecule has 2 atom stereocenters. The third-order valence-corrected chi connectivity index (χ3v) is 4.61. The number of hydrogen-bond acceptors (Lipinski definition) is 3. The minimum atomic E-state index is -0.984. The van der Waals surface area contributed by atoms with Crippen molar-refractivity contribution in [2.24, 2.45) is 0 Å². The Morgan fingerprint density at radius 3 is 2.52 bits per heavy atom. The van der Waals surface area contributed by atoms with Crippen LogP contribution in [0.3, 0.4) is 0 Å². The monoisotopic (exact) mass is 351 g/mol. The molecule has 1 amide bonds. The van der Waals surface area contributed by atoms with Crippen LogP contribution in [-0.4, -0.2) is 35.8 Å². The van der Waals surface area contributed by atoms with Gasteiger partial charge in [0, 0.05) is 11.6 Å². The van der Waals surface area contributed by atoms with E-state index in [2.05, 4.69) is 0 Å². The molecule has 1 saturated heterocycles. The number of hydrogen-bond donors (Lipinski definition) is 0. The van der Waals surface area contributed by atoms with Crippen LogP contribution in [0, 0.1) is 11.6 Å². The molecule has 2 aliphatic heterocycles. The predicted molar refractivity (Wildman–Crippen MR) is 90.4 cm³/mol. The number of rotatable bonds is 2. The number of methoxy groups -OCH3 is 1. The van der Waals surface area contributed by atoms with E-state index >= 15 is 0 Å². The molecule has 0 radical (unpaired) electrons. The Hall–Kier alpha value is -2.11. The average molecular weight is 351 g/mol. The highest BCUT2D eigenvalue weighted by atomic mass is 19.2. The van der Waals surface area contributed by atoms with Gasteiger partial charge in [0.05, 0.1) is 13.2 Å². The summed E-state index contributed by atoms with van der Waals surface area (Å²) < 4.78 is 38.7. The van der Waals surface area contributed by atoms with Crippen LogP contribution in [0.4, 0.5) is 13.6 Å². The van der Waals surface area contributed by atoms with Gasteiger partial charge in [0.2, 0.25) is 5.82 Å². The minimum Gasteiger partial charge on any atom is -0.494 e. The van der Waals surface area contributed by atoms with Gasteiger partial charge in [-0.2, -0.15) is 4.39 Å². The van der Waals surface area contributed by atoms with E-state index in [1.165, 1.54) is 19.2 Å². The highest BCUT2D eigenvalue weighted by Crippen LogP contribution is 2.40. The van der Waals surface area contributed by atoms with Crippen molar-refractivity contribution < 1.29 is 23.0 Å². The topological polar surface area (TPSA) is 38.8 Å². The van der Waals surface area contributed by atoms with E-state index in [1.54, 1.807) is 4.90 Å². The summed E-state index contributed by atoms with van der Waals surface area (Å²) in [6.07, 6.45) is 3.62. The van der Waals surface area contributed by atoms with Gasteiger partial charge in [-0.25, -0.2) is 9.18 Å². The molecule has 25 heavy (non-hydrogen) atoms. The second-order valence-corrected chi connectivity index (χ2v) is 7.53. The third kappa shape index (κ3) is 3.34. The SMILES string of the molecule is COc1ccc(C2=CC3CCC(C2)N3C(=O)OC(C)(C)C)c(F)c1F. The van der Waals surface area contributed by atoms with E-state index in [0.29, 0.717) is 6.42 Å². The zero-order valence-corrected chi connectivity index (χ0v) is 14.9. The summed E-state index contributed by atoms with van der Waals surface area (Å²) in [4.78, 5) is 14.2. The van der Waals surface area contributed by atoms with Crippen molar-refractivity contribution in [2.75, 3.05) is 7.11 Å². The molecule has 136 valence electrons. The van der Waals surface area contributed by atoms with Crippen molar-refractivity contribution in [3.63, 3.8) is 0 Å². The fraction of sp³-hybridized carbons (Fsp3) is 0.526. The number of ether oxygens (including phenoxy) is 2. The summed E-state index contributed by atoms with van der Waals surface area (Å²) in [6.45, 7) is 5.48. The molecule has 2 unspecified atom stereocenters. The molecular formula is C19H23F2NO3. The van der Waals surface area contributed by atoms with Crippen molar-refractivity contribution >= 4 is 11.7 Å². The molecule has 2 bridgehead atoms. The zero-order valence-electron chi connectivity index (χ0n) is 14.9. The normalized spacial score (nSPS) is 22.6. The maximum atomic E-state index is 14.4. The molecule has 6 heteroatoms. The molecule has 2 aliphatic rings. The molecule has 0 aliphatic carbocycles. The Morgan fingerprint density at radius 2 is 1.92 bits per heavy atom. The van der Waals surface area contributed by atoms with Crippen LogP contribution in [0.15, 0.2) is 18.2 Å². The van der Waals surface area contributed by atoms with Crippen LogP contribution >= 0.6 is 0 Å². The molecule has 0 N–H and O–H groups in total. The Kier molecular flexibility index (Phi) is 4.47. The highest BCUT2D eigenvalue weighted by molar-refractivity contribution is 5.75. The Balaban J connectivity index is 1.88. The van der Waals surface area contributed by atoms with Crippen molar-refractivity contribution in [3.8, 4) is 5.75 Å². The molecule has 3 rings (SSSR count). The lowest BCUT2D eigenvalue weighted by Crippen LogP contribution is -2.45. The summed E-state index contributed by atoms with van der Waals surface area (Å²) in [5.74, 6) is -2.01. The highest BCUT2D eigenvalue weighted by Gasteiger charge is 2.42. The number of amides is 1. The second-order valence-electron chi connectivity index (χ2n) is 7.53. The maximum Gasteiger partial charge on any atom is 0.411 e. The fourth-order valence-corrected chi connectivity index (χ4v) is 3.57. The van der Waals surface area contributed by atoms with E-state index in [0.717, 1.165) is 18.4 Å². The van der Waals surface area contributed by atoms with Gasteiger partial charge in [-0.3, -0.25) is 4.90 Å². The lowest BCUT2D eigenvalue weighted by atomic mass is 9.94. The van der Waals surface area contributed by atoms with Crippen molar-refractivity contribution in [1.82, 2.24) is 4.90 Å². The largest absolute Gasteiger partial charge is 0.494 e. The predicted octanol–water partition coefficient (Wildman–Crippen LogP) is 4.53. The van der Waals surface area contributed by atoms with Crippen molar-refractivity contribution in [1.29, 1.82) is 0 Å². The summed E-state index contributed by atoms with van der Waals surface area (Å²) in [6, 6.07) is 2.76. The van der Waals surface area contributed by atoms with Gasteiger partial charge >= 0.3 is 6.09 Å². The van der Waals surface area contributed by atoms with Gasteiger partial charge in [-0.15, -0.1) is 0 Å². The molecule has 2 heterocycles. The van der Waals surface area contributed by atoms with Crippen LogP contribution in [0.2, 0.25) is 0 Å². The smallest absolute Gasteiger partial charge is 0.411 e. The number of fused-ring (bicyclic) bond motifs is 2. The van der Waals surface area contributed by atoms with Gasteiger partial charge < -0.3 is 9.47 Å². The third-order valence-electron chi connectivity index (χ3n) is 4.61. The first-order chi connectivity index (χ1) is 11.7. The Labute approximate surface area is 146 Å². The molecule has 1 aromatic rings. The number of carbonyl (C=O) groups is 1. The minimum absolute atomic E-state index is 0.0515. The maximum absolute atomic E-state index is 14.4. The molecule has 0 spiro atoms. The first-order valence-electron chi connectivity index (χ1n) is 8.45. The fourth-order valence-electron chi connectivity index (χ4n) is 3.57. The Morgan fingerprint density at radius 1 is 1.20 bits per heavy atom. The van der Waals surface area contributed by atoms with Gasteiger partial charge in [0.15, 0.2) is 11.6 Å². The van der Waals surface area contributed by atoms with E-state index in [1.807, 2.05) is 26.8 Å². The lowest BCUT2D eigenvalue weighted by Gasteiger charge is -2.35. The molecule has 0 saturated carbocycles. The van der Waals surface area contributed by atoms with Crippen LogP contribution in [-0.2, 0) is 4.74 Å². The Bertz CT molecular complexity index is 724. The molecule has 4 nitrogen and oxygen atoms in total. The lowest BCUT2D eigenvalue weighted by molar-refractivity contribution is 0.0175. The van der Waals surface area contributed by atoms with Gasteiger partial charge in [-0.05, 0) is 57.7 Å². The van der Waals surface area contributed by atoms with Gasteiger partial charge in [-0.1, -0.05) is 6.08 Å².